The van der Waals surface area contributed by atoms with Crippen LogP contribution in [0.25, 0.3) is 16.7 Å². The number of halogens is 1. The molecule has 0 spiro atoms. The summed E-state index contributed by atoms with van der Waals surface area (Å²) in [5, 5.41) is 9.02. The van der Waals surface area contributed by atoms with Gasteiger partial charge in [-0.2, -0.15) is 0 Å². The molecule has 0 amide bonds. The van der Waals surface area contributed by atoms with Crippen LogP contribution in [0.5, 0.6) is 5.75 Å². The fourth-order valence-corrected chi connectivity index (χ4v) is 2.54. The Balaban J connectivity index is 2.35. The highest BCUT2D eigenvalue weighted by Crippen LogP contribution is 2.46. The van der Waals surface area contributed by atoms with Crippen LogP contribution in [-0.2, 0) is 4.79 Å². The first-order valence-electron chi connectivity index (χ1n) is 6.04. The molecule has 0 aromatic heterocycles. The van der Waals surface area contributed by atoms with Gasteiger partial charge in [-0.1, -0.05) is 12.1 Å². The van der Waals surface area contributed by atoms with Crippen molar-refractivity contribution in [2.24, 2.45) is 0 Å². The number of fused-ring (bicyclic) bond motifs is 3. The smallest absolute Gasteiger partial charge is 0.328 e. The van der Waals surface area contributed by atoms with E-state index in [9.17, 15) is 9.18 Å². The highest BCUT2D eigenvalue weighted by Gasteiger charge is 2.27. The van der Waals surface area contributed by atoms with Crippen LogP contribution in [0.2, 0.25) is 0 Å². The molecule has 100 valence electrons. The normalized spacial score (nSPS) is 14.0. The summed E-state index contributed by atoms with van der Waals surface area (Å²) < 4.78 is 19.2. The SMILES string of the molecule is COc1ccc2c(c1)/C(=C/C(=O)O)c1cccc(F)c1-2. The summed E-state index contributed by atoms with van der Waals surface area (Å²) in [6.07, 6.45) is 1.10. The monoisotopic (exact) mass is 270 g/mol. The molecule has 2 aromatic carbocycles. The maximum atomic E-state index is 14.1. The number of carboxylic acids is 1. The molecule has 3 rings (SSSR count). The number of rotatable bonds is 2. The van der Waals surface area contributed by atoms with Crippen molar-refractivity contribution in [3.8, 4) is 16.9 Å². The van der Waals surface area contributed by atoms with Gasteiger partial charge in [0.2, 0.25) is 0 Å². The first-order chi connectivity index (χ1) is 9.61. The molecule has 0 heterocycles. The number of methoxy groups -OCH3 is 1. The van der Waals surface area contributed by atoms with Gasteiger partial charge in [0, 0.05) is 11.6 Å². The number of carbonyl (C=O) groups is 1. The Labute approximate surface area is 114 Å². The van der Waals surface area contributed by atoms with Gasteiger partial charge in [-0.15, -0.1) is 0 Å². The van der Waals surface area contributed by atoms with Crippen LogP contribution in [0.1, 0.15) is 11.1 Å². The van der Waals surface area contributed by atoms with E-state index in [1.807, 2.05) is 0 Å². The molecular weight excluding hydrogens is 259 g/mol. The Morgan fingerprint density at radius 3 is 2.70 bits per heavy atom. The first kappa shape index (κ1) is 12.4. The topological polar surface area (TPSA) is 46.5 Å². The maximum Gasteiger partial charge on any atom is 0.328 e. The van der Waals surface area contributed by atoms with Gasteiger partial charge in [0.25, 0.3) is 0 Å². The largest absolute Gasteiger partial charge is 0.497 e. The average Bonchev–Trinajstić information content (AvgIpc) is 2.73. The molecule has 1 N–H and O–H groups in total. The molecule has 0 unspecified atom stereocenters. The maximum absolute atomic E-state index is 14.1. The molecule has 0 bridgehead atoms. The van der Waals surface area contributed by atoms with Gasteiger partial charge < -0.3 is 9.84 Å². The van der Waals surface area contributed by atoms with Crippen LogP contribution >= 0.6 is 0 Å². The number of hydrogen-bond donors (Lipinski definition) is 1. The van der Waals surface area contributed by atoms with E-state index in [0.717, 1.165) is 6.08 Å². The lowest BCUT2D eigenvalue weighted by molar-refractivity contribution is -0.131. The van der Waals surface area contributed by atoms with Gasteiger partial charge in [0.1, 0.15) is 11.6 Å². The molecule has 0 fully saturated rings. The van der Waals surface area contributed by atoms with Crippen molar-refractivity contribution in [3.63, 3.8) is 0 Å². The zero-order valence-corrected chi connectivity index (χ0v) is 10.7. The fourth-order valence-electron chi connectivity index (χ4n) is 2.54. The van der Waals surface area contributed by atoms with Crippen LogP contribution < -0.4 is 4.74 Å². The summed E-state index contributed by atoms with van der Waals surface area (Å²) in [7, 11) is 1.53. The molecule has 0 atom stereocenters. The predicted octanol–water partition coefficient (Wildman–Crippen LogP) is 3.33. The van der Waals surface area contributed by atoms with Crippen LogP contribution in [0.15, 0.2) is 42.5 Å². The van der Waals surface area contributed by atoms with E-state index in [1.54, 1.807) is 30.3 Å². The Bertz CT molecular complexity index is 747. The third-order valence-corrected chi connectivity index (χ3v) is 3.36. The molecule has 4 heteroatoms. The Kier molecular flexibility index (Phi) is 2.79. The minimum absolute atomic E-state index is 0.359. The molecule has 1 aliphatic carbocycles. The molecule has 3 nitrogen and oxygen atoms in total. The summed E-state index contributed by atoms with van der Waals surface area (Å²) in [6, 6.07) is 9.88. The van der Waals surface area contributed by atoms with E-state index in [1.165, 1.54) is 13.2 Å². The summed E-state index contributed by atoms with van der Waals surface area (Å²) >= 11 is 0. The second kappa shape index (κ2) is 4.49. The summed E-state index contributed by atoms with van der Waals surface area (Å²) in [5.41, 5.74) is 2.90. The molecule has 1 aliphatic rings. The molecule has 0 saturated carbocycles. The zero-order valence-electron chi connectivity index (χ0n) is 10.7. The molecule has 2 aromatic rings. The third kappa shape index (κ3) is 1.77. The minimum Gasteiger partial charge on any atom is -0.497 e. The van der Waals surface area contributed by atoms with Crippen molar-refractivity contribution >= 4 is 11.5 Å². The van der Waals surface area contributed by atoms with E-state index in [4.69, 9.17) is 9.84 Å². The van der Waals surface area contributed by atoms with Gasteiger partial charge in [0.05, 0.1) is 7.11 Å². The van der Waals surface area contributed by atoms with Crippen molar-refractivity contribution in [2.75, 3.05) is 7.11 Å². The van der Waals surface area contributed by atoms with Gasteiger partial charge >= 0.3 is 5.97 Å². The third-order valence-electron chi connectivity index (χ3n) is 3.36. The molecule has 0 aliphatic heterocycles. The Morgan fingerprint density at radius 2 is 2.00 bits per heavy atom. The van der Waals surface area contributed by atoms with Gasteiger partial charge in [-0.05, 0) is 46.5 Å². The molecular formula is C16H11FO3. The fraction of sp³-hybridized carbons (Fsp3) is 0.0625. The molecule has 0 radical (unpaired) electrons. The van der Waals surface area contributed by atoms with E-state index in [2.05, 4.69) is 0 Å². The predicted molar refractivity (Wildman–Crippen MR) is 73.1 cm³/mol. The van der Waals surface area contributed by atoms with Crippen molar-refractivity contribution in [1.82, 2.24) is 0 Å². The van der Waals surface area contributed by atoms with E-state index >= 15 is 0 Å². The van der Waals surface area contributed by atoms with Crippen molar-refractivity contribution in [1.29, 1.82) is 0 Å². The lowest BCUT2D eigenvalue weighted by atomic mass is 10.0. The number of hydrogen-bond acceptors (Lipinski definition) is 2. The lowest BCUT2D eigenvalue weighted by Crippen LogP contribution is -1.92. The zero-order chi connectivity index (χ0) is 14.3. The standard InChI is InChI=1S/C16H11FO3/c1-20-9-5-6-11-12(7-9)13(8-15(18)19)10-3-2-4-14(17)16(10)11/h2-8H,1H3,(H,18,19)/b13-8+. The second-order valence-electron chi connectivity index (χ2n) is 4.47. The molecule has 0 saturated heterocycles. The van der Waals surface area contributed by atoms with Gasteiger partial charge in [0.15, 0.2) is 0 Å². The Hall–Kier alpha value is -2.62. The second-order valence-corrected chi connectivity index (χ2v) is 4.47. The van der Waals surface area contributed by atoms with Crippen LogP contribution in [0.3, 0.4) is 0 Å². The minimum atomic E-state index is -1.06. The van der Waals surface area contributed by atoms with Crippen molar-refractivity contribution in [2.45, 2.75) is 0 Å². The number of carboxylic acid groups (broad SMARTS) is 1. The van der Waals surface area contributed by atoms with Crippen LogP contribution in [0.4, 0.5) is 4.39 Å². The number of benzene rings is 2. The van der Waals surface area contributed by atoms with Crippen molar-refractivity contribution < 1.29 is 19.0 Å². The van der Waals surface area contributed by atoms with Gasteiger partial charge in [-0.3, -0.25) is 0 Å². The highest BCUT2D eigenvalue weighted by atomic mass is 19.1. The average molecular weight is 270 g/mol. The lowest BCUT2D eigenvalue weighted by Gasteiger charge is -2.04. The Morgan fingerprint density at radius 1 is 1.20 bits per heavy atom. The molecule has 20 heavy (non-hydrogen) atoms. The van der Waals surface area contributed by atoms with Crippen molar-refractivity contribution in [3.05, 3.63) is 59.4 Å². The highest BCUT2D eigenvalue weighted by molar-refractivity contribution is 6.06. The quantitative estimate of drug-likeness (QED) is 0.726. The van der Waals surface area contributed by atoms with Crippen LogP contribution in [-0.4, -0.2) is 18.2 Å². The van der Waals surface area contributed by atoms with Gasteiger partial charge in [-0.25, -0.2) is 9.18 Å². The number of aliphatic carboxylic acids is 1. The summed E-state index contributed by atoms with van der Waals surface area (Å²) in [6.45, 7) is 0. The van der Waals surface area contributed by atoms with Crippen LogP contribution in [0, 0.1) is 5.82 Å². The first-order valence-corrected chi connectivity index (χ1v) is 6.04. The summed E-state index contributed by atoms with van der Waals surface area (Å²) in [5.74, 6) is -0.818. The summed E-state index contributed by atoms with van der Waals surface area (Å²) in [4.78, 5) is 11.0. The van der Waals surface area contributed by atoms with E-state index < -0.39 is 5.97 Å². The van der Waals surface area contributed by atoms with E-state index in [-0.39, 0.29) is 5.82 Å². The van der Waals surface area contributed by atoms with E-state index in [0.29, 0.717) is 33.6 Å². The number of ether oxygens (including phenoxy) is 1.